The van der Waals surface area contributed by atoms with Crippen molar-refractivity contribution in [3.63, 3.8) is 0 Å². The van der Waals surface area contributed by atoms with Gasteiger partial charge in [-0.25, -0.2) is 5.10 Å². The molecule has 258 valence electrons. The number of aromatic nitrogens is 4. The molecule has 0 spiro atoms. The minimum Gasteiger partial charge on any atom is -0.344 e. The molecule has 3 aromatic carbocycles. The SMILES string of the molecule is CN1CCN(C(=O)c2cccc(-c3ccc(C[C@H](NC(=O)[C@H]4CC[C@H](CN)CC4)C(=O)Nc4ccc(-c5nnn[nH]5)cc4)cc3)c2)CC1.Cl. The van der Waals surface area contributed by atoms with E-state index in [1.807, 2.05) is 65.6 Å². The largest absolute Gasteiger partial charge is 0.344 e. The summed E-state index contributed by atoms with van der Waals surface area (Å²) in [6, 6.07) is 22.1. The molecule has 2 fully saturated rings. The molecular formula is C36H44ClN9O3. The molecule has 1 aliphatic heterocycles. The van der Waals surface area contributed by atoms with Crippen LogP contribution in [0.25, 0.3) is 22.5 Å². The number of nitrogens with two attached hydrogens (primary N) is 1. The summed E-state index contributed by atoms with van der Waals surface area (Å²) in [4.78, 5) is 44.4. The smallest absolute Gasteiger partial charge is 0.253 e. The van der Waals surface area contributed by atoms with Gasteiger partial charge in [0.15, 0.2) is 5.82 Å². The van der Waals surface area contributed by atoms with Gasteiger partial charge in [0.2, 0.25) is 11.8 Å². The molecule has 4 aromatic rings. The van der Waals surface area contributed by atoms with E-state index >= 15 is 0 Å². The zero-order valence-electron chi connectivity index (χ0n) is 27.7. The maximum Gasteiger partial charge on any atom is 0.253 e. The van der Waals surface area contributed by atoms with Gasteiger partial charge in [-0.2, -0.15) is 0 Å². The van der Waals surface area contributed by atoms with Gasteiger partial charge >= 0.3 is 0 Å². The van der Waals surface area contributed by atoms with Gasteiger partial charge in [0.05, 0.1) is 0 Å². The Balaban J connectivity index is 0.00000468. The average molecular weight is 686 g/mol. The maximum atomic E-state index is 13.7. The molecule has 1 aromatic heterocycles. The summed E-state index contributed by atoms with van der Waals surface area (Å²) in [6.07, 6.45) is 3.69. The Bertz CT molecular complexity index is 1680. The Hall–Kier alpha value is -4.65. The molecule has 12 nitrogen and oxygen atoms in total. The number of carbonyl (C=O) groups is 3. The van der Waals surface area contributed by atoms with Crippen LogP contribution in [-0.2, 0) is 16.0 Å². The summed E-state index contributed by atoms with van der Waals surface area (Å²) in [5, 5.41) is 19.9. The quantitative estimate of drug-likeness (QED) is 0.196. The number of tetrazole rings is 1. The second kappa shape index (κ2) is 16.6. The number of anilines is 1. The first-order valence-corrected chi connectivity index (χ1v) is 16.7. The van der Waals surface area contributed by atoms with Crippen molar-refractivity contribution >= 4 is 35.8 Å². The van der Waals surface area contributed by atoms with E-state index in [1.165, 1.54) is 0 Å². The van der Waals surface area contributed by atoms with Gasteiger partial charge < -0.3 is 26.2 Å². The monoisotopic (exact) mass is 685 g/mol. The predicted molar refractivity (Wildman–Crippen MR) is 191 cm³/mol. The Kier molecular flexibility index (Phi) is 12.1. The highest BCUT2D eigenvalue weighted by Crippen LogP contribution is 2.29. The zero-order chi connectivity index (χ0) is 33.5. The zero-order valence-corrected chi connectivity index (χ0v) is 28.5. The highest BCUT2D eigenvalue weighted by atomic mass is 35.5. The fourth-order valence-electron chi connectivity index (χ4n) is 6.47. The third kappa shape index (κ3) is 9.08. The maximum absolute atomic E-state index is 13.7. The number of aromatic amines is 1. The second-order valence-corrected chi connectivity index (χ2v) is 12.9. The third-order valence-electron chi connectivity index (χ3n) is 9.58. The van der Waals surface area contributed by atoms with Crippen molar-refractivity contribution in [3.8, 4) is 22.5 Å². The summed E-state index contributed by atoms with van der Waals surface area (Å²) in [6.45, 7) is 3.82. The molecule has 1 saturated carbocycles. The van der Waals surface area contributed by atoms with E-state index < -0.39 is 6.04 Å². The molecule has 6 rings (SSSR count). The molecule has 0 bridgehead atoms. The average Bonchev–Trinajstić information content (AvgIpc) is 3.67. The standard InChI is InChI=1S/C36H43N9O3.ClH/c1-44-17-19-45(20-18-44)36(48)30-4-2-3-29(22-30)26-9-5-24(6-10-26)21-32(39-34(46)28-11-7-25(23-37)8-12-28)35(47)38-31-15-13-27(14-16-31)33-40-42-43-41-33;/h2-6,9-10,13-16,22,25,28,32H,7-8,11-12,17-21,23,37H2,1H3,(H,38,47)(H,39,46)(H,40,41,42,43);1H/t25-,28-,32-;/m0./s1. The lowest BCUT2D eigenvalue weighted by Crippen LogP contribution is -2.48. The lowest BCUT2D eigenvalue weighted by molar-refractivity contribution is -0.130. The van der Waals surface area contributed by atoms with E-state index in [1.54, 1.807) is 12.1 Å². The van der Waals surface area contributed by atoms with Crippen LogP contribution in [0.1, 0.15) is 41.6 Å². The number of amides is 3. The Morgan fingerprint density at radius 2 is 1.59 bits per heavy atom. The van der Waals surface area contributed by atoms with Crippen molar-refractivity contribution in [1.82, 2.24) is 35.7 Å². The van der Waals surface area contributed by atoms with Gasteiger partial charge in [-0.05, 0) is 109 Å². The summed E-state index contributed by atoms with van der Waals surface area (Å²) in [7, 11) is 2.07. The highest BCUT2D eigenvalue weighted by molar-refractivity contribution is 5.98. The van der Waals surface area contributed by atoms with Crippen molar-refractivity contribution in [2.24, 2.45) is 17.6 Å². The van der Waals surface area contributed by atoms with Crippen LogP contribution < -0.4 is 16.4 Å². The molecule has 5 N–H and O–H groups in total. The number of nitrogens with zero attached hydrogens (tertiary/aromatic N) is 5. The van der Waals surface area contributed by atoms with Crippen molar-refractivity contribution in [2.75, 3.05) is 45.1 Å². The molecule has 0 unspecified atom stereocenters. The van der Waals surface area contributed by atoms with Crippen molar-refractivity contribution in [3.05, 3.63) is 83.9 Å². The topological polar surface area (TPSA) is 162 Å². The van der Waals surface area contributed by atoms with Crippen LogP contribution in [0.5, 0.6) is 0 Å². The Morgan fingerprint density at radius 3 is 2.24 bits per heavy atom. The van der Waals surface area contributed by atoms with Crippen LogP contribution in [0.15, 0.2) is 72.8 Å². The molecule has 3 amide bonds. The summed E-state index contributed by atoms with van der Waals surface area (Å²) in [5.74, 6) is 0.491. The summed E-state index contributed by atoms with van der Waals surface area (Å²) >= 11 is 0. The molecule has 0 radical (unpaired) electrons. The summed E-state index contributed by atoms with van der Waals surface area (Å²) < 4.78 is 0. The first-order valence-electron chi connectivity index (χ1n) is 16.7. The van der Waals surface area contributed by atoms with Gasteiger partial charge in [0.25, 0.3) is 5.91 Å². The van der Waals surface area contributed by atoms with Gasteiger partial charge in [-0.1, -0.05) is 36.4 Å². The molecular weight excluding hydrogens is 642 g/mol. The van der Waals surface area contributed by atoms with E-state index in [9.17, 15) is 14.4 Å². The second-order valence-electron chi connectivity index (χ2n) is 12.9. The first-order chi connectivity index (χ1) is 23.4. The molecule has 13 heteroatoms. The van der Waals surface area contributed by atoms with E-state index in [4.69, 9.17) is 5.73 Å². The van der Waals surface area contributed by atoms with Gasteiger partial charge in [0.1, 0.15) is 6.04 Å². The number of rotatable bonds is 10. The van der Waals surface area contributed by atoms with Crippen molar-refractivity contribution in [1.29, 1.82) is 0 Å². The Morgan fingerprint density at radius 1 is 0.898 bits per heavy atom. The minimum absolute atomic E-state index is 0. The van der Waals surface area contributed by atoms with E-state index in [-0.39, 0.29) is 36.0 Å². The van der Waals surface area contributed by atoms with Crippen LogP contribution >= 0.6 is 12.4 Å². The van der Waals surface area contributed by atoms with Crippen molar-refractivity contribution in [2.45, 2.75) is 38.1 Å². The van der Waals surface area contributed by atoms with E-state index in [0.717, 1.165) is 74.1 Å². The molecule has 1 atom stereocenters. The number of piperazine rings is 1. The highest BCUT2D eigenvalue weighted by Gasteiger charge is 2.29. The number of halogens is 1. The molecule has 1 saturated heterocycles. The third-order valence-corrected chi connectivity index (χ3v) is 9.58. The van der Waals surface area contributed by atoms with Crippen LogP contribution in [0.4, 0.5) is 5.69 Å². The molecule has 49 heavy (non-hydrogen) atoms. The number of hydrogen-bond acceptors (Lipinski definition) is 8. The Labute approximate surface area is 292 Å². The van der Waals surface area contributed by atoms with Crippen LogP contribution in [0, 0.1) is 11.8 Å². The van der Waals surface area contributed by atoms with E-state index in [2.05, 4.69) is 43.2 Å². The normalized spacial score (nSPS) is 18.6. The van der Waals surface area contributed by atoms with Gasteiger partial charge in [0, 0.05) is 55.3 Å². The lowest BCUT2D eigenvalue weighted by atomic mass is 9.81. The van der Waals surface area contributed by atoms with Crippen molar-refractivity contribution < 1.29 is 14.4 Å². The van der Waals surface area contributed by atoms with Crippen LogP contribution in [-0.4, -0.2) is 94.0 Å². The molecule has 1 aliphatic carbocycles. The number of H-pyrrole nitrogens is 1. The van der Waals surface area contributed by atoms with Crippen LogP contribution in [0.3, 0.4) is 0 Å². The fourth-order valence-corrected chi connectivity index (χ4v) is 6.47. The summed E-state index contributed by atoms with van der Waals surface area (Å²) in [5.41, 5.74) is 10.7. The number of likely N-dealkylation sites (N-methyl/N-ethyl adjacent to an activating group) is 1. The number of hydrogen-bond donors (Lipinski definition) is 4. The van der Waals surface area contributed by atoms with E-state index in [0.29, 0.717) is 36.0 Å². The van der Waals surface area contributed by atoms with Gasteiger partial charge in [-0.15, -0.1) is 17.5 Å². The first kappa shape index (κ1) is 35.7. The molecule has 2 aliphatic rings. The minimum atomic E-state index is -0.779. The number of carbonyl (C=O) groups excluding carboxylic acids is 3. The number of nitrogens with one attached hydrogen (secondary N) is 3. The fraction of sp³-hybridized carbons (Fsp3) is 0.389. The number of benzene rings is 3. The lowest BCUT2D eigenvalue weighted by Gasteiger charge is -2.32. The van der Waals surface area contributed by atoms with Crippen LogP contribution in [0.2, 0.25) is 0 Å². The molecule has 2 heterocycles. The predicted octanol–water partition coefficient (Wildman–Crippen LogP) is 3.77. The van der Waals surface area contributed by atoms with Gasteiger partial charge in [-0.3, -0.25) is 14.4 Å².